The first-order valence-corrected chi connectivity index (χ1v) is 6.21. The molecule has 0 aromatic carbocycles. The van der Waals surface area contributed by atoms with Crippen LogP contribution in [0.4, 0.5) is 4.39 Å². The molecule has 15 heavy (non-hydrogen) atoms. The highest BCUT2D eigenvalue weighted by atomic mass is 19.1. The Hall–Kier alpha value is -0.110. The molecule has 0 saturated heterocycles. The maximum Gasteiger partial charge on any atom is 0.188 e. The summed E-state index contributed by atoms with van der Waals surface area (Å²) < 4.78 is 16.9. The molecule has 0 amide bonds. The Morgan fingerprint density at radius 2 is 1.53 bits per heavy atom. The average molecular weight is 218 g/mol. The summed E-state index contributed by atoms with van der Waals surface area (Å²) in [6.07, 6.45) is 4.63. The van der Waals surface area contributed by atoms with Crippen molar-refractivity contribution in [3.8, 4) is 0 Å². The van der Waals surface area contributed by atoms with Crippen LogP contribution < -0.4 is 0 Å². The monoisotopic (exact) mass is 218 g/mol. The van der Waals surface area contributed by atoms with E-state index >= 15 is 0 Å². The summed E-state index contributed by atoms with van der Waals surface area (Å²) >= 11 is 0. The van der Waals surface area contributed by atoms with Crippen molar-refractivity contribution in [1.82, 2.24) is 0 Å². The van der Waals surface area contributed by atoms with Crippen LogP contribution >= 0.6 is 0 Å². The second-order valence-electron chi connectivity index (χ2n) is 5.12. The van der Waals surface area contributed by atoms with E-state index in [1.807, 2.05) is 13.8 Å². The zero-order chi connectivity index (χ0) is 11.9. The summed E-state index contributed by atoms with van der Waals surface area (Å²) in [5.74, 6) is 0.784. The Bertz CT molecular complexity index is 143. The van der Waals surface area contributed by atoms with Gasteiger partial charge in [-0.2, -0.15) is 0 Å². The van der Waals surface area contributed by atoms with Gasteiger partial charge in [-0.3, -0.25) is 0 Å². The van der Waals surface area contributed by atoms with Gasteiger partial charge in [0, 0.05) is 0 Å². The molecular weight excluding hydrogens is 191 g/mol. The van der Waals surface area contributed by atoms with E-state index in [1.54, 1.807) is 0 Å². The molecule has 1 nitrogen and oxygen atoms in total. The molecule has 0 bridgehead atoms. The number of alkyl halides is 1. The molecule has 0 aromatic rings. The summed E-state index contributed by atoms with van der Waals surface area (Å²) in [6.45, 7) is 10.2. The van der Waals surface area contributed by atoms with E-state index in [-0.39, 0.29) is 6.10 Å². The Kier molecular flexibility index (Phi) is 7.16. The first-order valence-electron chi connectivity index (χ1n) is 6.21. The molecule has 92 valence electrons. The smallest absolute Gasteiger partial charge is 0.188 e. The molecule has 0 aliphatic heterocycles. The van der Waals surface area contributed by atoms with Crippen molar-refractivity contribution in [2.24, 2.45) is 11.3 Å². The van der Waals surface area contributed by atoms with E-state index in [4.69, 9.17) is 4.74 Å². The van der Waals surface area contributed by atoms with Crippen LogP contribution in [0.5, 0.6) is 0 Å². The molecule has 0 aromatic heterocycles. The lowest BCUT2D eigenvalue weighted by Crippen LogP contribution is -2.29. The zero-order valence-electron chi connectivity index (χ0n) is 11.0. The minimum absolute atomic E-state index is 0.184. The summed E-state index contributed by atoms with van der Waals surface area (Å²) in [7, 11) is 0. The topological polar surface area (TPSA) is 9.23 Å². The van der Waals surface area contributed by atoms with Crippen LogP contribution in [0.2, 0.25) is 0 Å². The van der Waals surface area contributed by atoms with Gasteiger partial charge in [0.2, 0.25) is 0 Å². The quantitative estimate of drug-likeness (QED) is 0.660. The second kappa shape index (κ2) is 7.21. The molecule has 0 unspecified atom stereocenters. The number of hydrogen-bond donors (Lipinski definition) is 0. The second-order valence-corrected chi connectivity index (χ2v) is 5.12. The third-order valence-corrected chi connectivity index (χ3v) is 3.20. The highest BCUT2D eigenvalue weighted by molar-refractivity contribution is 4.80. The predicted molar refractivity (Wildman–Crippen MR) is 63.6 cm³/mol. The largest absolute Gasteiger partial charge is 0.347 e. The van der Waals surface area contributed by atoms with Gasteiger partial charge in [-0.15, -0.1) is 0 Å². The van der Waals surface area contributed by atoms with E-state index < -0.39 is 6.86 Å². The van der Waals surface area contributed by atoms with Crippen LogP contribution in [0.15, 0.2) is 0 Å². The van der Waals surface area contributed by atoms with Crippen LogP contribution in [0.25, 0.3) is 0 Å². The van der Waals surface area contributed by atoms with Gasteiger partial charge in [-0.1, -0.05) is 34.6 Å². The fourth-order valence-electron chi connectivity index (χ4n) is 2.18. The van der Waals surface area contributed by atoms with Crippen LogP contribution in [0, 0.1) is 11.3 Å². The molecule has 1 rings (SSSR count). The van der Waals surface area contributed by atoms with E-state index in [1.165, 1.54) is 12.8 Å². The molecule has 2 heteroatoms. The highest BCUT2D eigenvalue weighted by Crippen LogP contribution is 2.38. The lowest BCUT2D eigenvalue weighted by molar-refractivity contribution is -0.0368. The van der Waals surface area contributed by atoms with Crippen molar-refractivity contribution in [3.63, 3.8) is 0 Å². The molecule has 0 radical (unpaired) electrons. The maximum atomic E-state index is 11.9. The highest BCUT2D eigenvalue weighted by Gasteiger charge is 2.29. The first-order chi connectivity index (χ1) is 7.04. The van der Waals surface area contributed by atoms with E-state index in [2.05, 4.69) is 20.8 Å². The van der Waals surface area contributed by atoms with Gasteiger partial charge >= 0.3 is 0 Å². The van der Waals surface area contributed by atoms with Gasteiger partial charge in [0.15, 0.2) is 6.86 Å². The van der Waals surface area contributed by atoms with Crippen molar-refractivity contribution < 1.29 is 9.13 Å². The SMILES string of the molecule is CC.CC(C)(C)C1CCC(OCF)CC1. The van der Waals surface area contributed by atoms with E-state index in [9.17, 15) is 4.39 Å². The number of rotatable bonds is 2. The number of ether oxygens (including phenoxy) is 1. The van der Waals surface area contributed by atoms with Crippen molar-refractivity contribution in [3.05, 3.63) is 0 Å². The lowest BCUT2D eigenvalue weighted by Gasteiger charge is -2.36. The Balaban J connectivity index is 0.000000921. The molecule has 1 aliphatic carbocycles. The third kappa shape index (κ3) is 5.50. The van der Waals surface area contributed by atoms with Gasteiger partial charge in [-0.05, 0) is 37.0 Å². The summed E-state index contributed by atoms with van der Waals surface area (Å²) in [6, 6.07) is 0. The molecular formula is C13H27FO. The fraction of sp³-hybridized carbons (Fsp3) is 1.00. The minimum atomic E-state index is -0.620. The Labute approximate surface area is 94.4 Å². The average Bonchev–Trinajstić information content (AvgIpc) is 2.21. The molecule has 0 atom stereocenters. The van der Waals surface area contributed by atoms with Gasteiger partial charge in [-0.25, -0.2) is 4.39 Å². The standard InChI is InChI=1S/C11H21FO.C2H6/c1-11(2,3)9-4-6-10(7-5-9)13-8-12;1-2/h9-10H,4-8H2,1-3H3;1-2H3. The van der Waals surface area contributed by atoms with Gasteiger partial charge in [0.1, 0.15) is 0 Å². The predicted octanol–water partition coefficient (Wildman–Crippen LogP) is 4.56. The van der Waals surface area contributed by atoms with Crippen LogP contribution in [0.1, 0.15) is 60.3 Å². The van der Waals surface area contributed by atoms with Gasteiger partial charge < -0.3 is 4.74 Å². The lowest BCUT2D eigenvalue weighted by atomic mass is 9.72. The molecule has 0 spiro atoms. The third-order valence-electron chi connectivity index (χ3n) is 3.20. The molecule has 0 N–H and O–H groups in total. The van der Waals surface area contributed by atoms with Gasteiger partial charge in [0.05, 0.1) is 6.10 Å². The summed E-state index contributed by atoms with van der Waals surface area (Å²) in [5, 5.41) is 0. The normalized spacial score (nSPS) is 26.8. The van der Waals surface area contributed by atoms with E-state index in [0.717, 1.165) is 18.8 Å². The maximum absolute atomic E-state index is 11.9. The Morgan fingerprint density at radius 3 is 1.87 bits per heavy atom. The van der Waals surface area contributed by atoms with E-state index in [0.29, 0.717) is 5.41 Å². The summed E-state index contributed by atoms with van der Waals surface area (Å²) in [5.41, 5.74) is 0.403. The van der Waals surface area contributed by atoms with Crippen LogP contribution in [0.3, 0.4) is 0 Å². The fourth-order valence-corrected chi connectivity index (χ4v) is 2.18. The number of halogens is 1. The van der Waals surface area contributed by atoms with Gasteiger partial charge in [0.25, 0.3) is 0 Å². The number of hydrogen-bond acceptors (Lipinski definition) is 1. The van der Waals surface area contributed by atoms with Crippen molar-refractivity contribution in [1.29, 1.82) is 0 Å². The molecule has 1 saturated carbocycles. The van der Waals surface area contributed by atoms with Crippen LogP contribution in [-0.2, 0) is 4.74 Å². The molecule has 0 heterocycles. The zero-order valence-corrected chi connectivity index (χ0v) is 11.0. The molecule has 1 aliphatic rings. The molecule has 1 fully saturated rings. The van der Waals surface area contributed by atoms with Crippen molar-refractivity contribution in [2.45, 2.75) is 66.4 Å². The van der Waals surface area contributed by atoms with Crippen molar-refractivity contribution in [2.75, 3.05) is 6.86 Å². The Morgan fingerprint density at radius 1 is 1.07 bits per heavy atom. The van der Waals surface area contributed by atoms with Crippen molar-refractivity contribution >= 4 is 0 Å². The van der Waals surface area contributed by atoms with Crippen LogP contribution in [-0.4, -0.2) is 13.0 Å². The first kappa shape index (κ1) is 14.9. The summed E-state index contributed by atoms with van der Waals surface area (Å²) in [4.78, 5) is 0. The minimum Gasteiger partial charge on any atom is -0.347 e.